The third kappa shape index (κ3) is 3.89. The number of amides is 1. The fourth-order valence-electron chi connectivity index (χ4n) is 1.37. The van der Waals surface area contributed by atoms with Gasteiger partial charge in [-0.2, -0.15) is 0 Å². The van der Waals surface area contributed by atoms with Crippen LogP contribution in [0.5, 0.6) is 0 Å². The van der Waals surface area contributed by atoms with Gasteiger partial charge in [0.2, 0.25) is 0 Å². The van der Waals surface area contributed by atoms with Gasteiger partial charge in [-0.05, 0) is 30.7 Å². The monoisotopic (exact) mass is 267 g/mol. The molecule has 1 atom stereocenters. The molecule has 1 aromatic carbocycles. The van der Waals surface area contributed by atoms with Gasteiger partial charge >= 0.3 is 5.97 Å². The number of hydrogen-bond donors (Lipinski definition) is 1. The van der Waals surface area contributed by atoms with E-state index in [9.17, 15) is 9.59 Å². The maximum absolute atomic E-state index is 11.9. The summed E-state index contributed by atoms with van der Waals surface area (Å²) in [4.78, 5) is 23.3. The van der Waals surface area contributed by atoms with Crippen LogP contribution in [0.1, 0.15) is 16.8 Å². The molecule has 4 nitrogen and oxygen atoms in total. The van der Waals surface area contributed by atoms with E-state index in [0.717, 1.165) is 0 Å². The summed E-state index contributed by atoms with van der Waals surface area (Å²) in [6, 6.07) is 5.66. The summed E-state index contributed by atoms with van der Waals surface area (Å²) in [6.45, 7) is 3.53. The maximum Gasteiger partial charge on any atom is 0.328 e. The number of nitrogens with one attached hydrogen (secondary N) is 1. The van der Waals surface area contributed by atoms with Crippen LogP contribution in [-0.2, 0) is 9.53 Å². The molecule has 0 aliphatic carbocycles. The number of rotatable bonds is 5. The Morgan fingerprint density at radius 1 is 1.44 bits per heavy atom. The van der Waals surface area contributed by atoms with Crippen molar-refractivity contribution >= 4 is 23.5 Å². The molecule has 1 aromatic rings. The lowest BCUT2D eigenvalue weighted by atomic mass is 10.1. The van der Waals surface area contributed by atoms with Crippen LogP contribution < -0.4 is 5.32 Å². The van der Waals surface area contributed by atoms with Crippen molar-refractivity contribution < 1.29 is 14.3 Å². The second-order valence-electron chi connectivity index (χ2n) is 3.58. The van der Waals surface area contributed by atoms with Crippen molar-refractivity contribution in [3.63, 3.8) is 0 Å². The highest BCUT2D eigenvalue weighted by molar-refractivity contribution is 6.30. The number of esters is 1. The predicted molar refractivity (Wildman–Crippen MR) is 69.5 cm³/mol. The number of benzene rings is 1. The average molecular weight is 268 g/mol. The lowest BCUT2D eigenvalue weighted by molar-refractivity contribution is -0.142. The molecule has 0 saturated carbocycles. The molecule has 5 heteroatoms. The van der Waals surface area contributed by atoms with Crippen LogP contribution >= 0.6 is 11.6 Å². The molecule has 96 valence electrons. The molecule has 0 spiro atoms. The van der Waals surface area contributed by atoms with Gasteiger partial charge in [-0.25, -0.2) is 4.79 Å². The van der Waals surface area contributed by atoms with Crippen LogP contribution in [0.15, 0.2) is 36.9 Å². The van der Waals surface area contributed by atoms with Crippen LogP contribution in [0.4, 0.5) is 0 Å². The van der Waals surface area contributed by atoms with Crippen LogP contribution in [-0.4, -0.2) is 25.0 Å². The van der Waals surface area contributed by atoms with E-state index in [1.165, 1.54) is 7.11 Å². The summed E-state index contributed by atoms with van der Waals surface area (Å²) < 4.78 is 4.60. The Labute approximate surface area is 111 Å². The highest BCUT2D eigenvalue weighted by Gasteiger charge is 2.20. The Bertz CT molecular complexity index is 442. The minimum absolute atomic E-state index is 0.312. The van der Waals surface area contributed by atoms with Crippen molar-refractivity contribution in [3.8, 4) is 0 Å². The van der Waals surface area contributed by atoms with Crippen LogP contribution in [0.25, 0.3) is 0 Å². The van der Waals surface area contributed by atoms with Gasteiger partial charge in [0.1, 0.15) is 6.04 Å². The zero-order valence-electron chi connectivity index (χ0n) is 9.98. The molecule has 1 rings (SSSR count). The number of carbonyl (C=O) groups is 2. The summed E-state index contributed by atoms with van der Waals surface area (Å²) in [6.07, 6.45) is 1.86. The Hall–Kier alpha value is -1.81. The molecular formula is C13H14ClNO3. The van der Waals surface area contributed by atoms with Crippen LogP contribution in [0.3, 0.4) is 0 Å². The Morgan fingerprint density at radius 3 is 2.56 bits per heavy atom. The zero-order chi connectivity index (χ0) is 13.5. The second kappa shape index (κ2) is 6.81. The lowest BCUT2D eigenvalue weighted by Gasteiger charge is -2.14. The molecule has 0 aliphatic rings. The molecule has 0 radical (unpaired) electrons. The van der Waals surface area contributed by atoms with Crippen molar-refractivity contribution in [1.82, 2.24) is 5.32 Å². The molecule has 0 aliphatic heterocycles. The first-order valence-electron chi connectivity index (χ1n) is 5.33. The first kappa shape index (κ1) is 14.3. The molecule has 0 fully saturated rings. The Balaban J connectivity index is 2.74. The quantitative estimate of drug-likeness (QED) is 0.657. The number of methoxy groups -OCH3 is 1. The molecule has 1 N–H and O–H groups in total. The van der Waals surface area contributed by atoms with E-state index in [1.807, 2.05) is 0 Å². The van der Waals surface area contributed by atoms with Gasteiger partial charge in [-0.1, -0.05) is 17.7 Å². The zero-order valence-corrected chi connectivity index (χ0v) is 10.7. The highest BCUT2D eigenvalue weighted by Crippen LogP contribution is 2.10. The topological polar surface area (TPSA) is 55.4 Å². The highest BCUT2D eigenvalue weighted by atomic mass is 35.5. The molecule has 0 aromatic heterocycles. The lowest BCUT2D eigenvalue weighted by Crippen LogP contribution is -2.41. The fraction of sp³-hybridized carbons (Fsp3) is 0.231. The molecule has 1 amide bonds. The Kier molecular flexibility index (Phi) is 5.39. The molecular weight excluding hydrogens is 254 g/mol. The van der Waals surface area contributed by atoms with E-state index in [2.05, 4.69) is 16.6 Å². The fourth-order valence-corrected chi connectivity index (χ4v) is 1.49. The predicted octanol–water partition coefficient (Wildman–Crippen LogP) is 2.19. The normalized spacial score (nSPS) is 11.4. The van der Waals surface area contributed by atoms with Gasteiger partial charge in [-0.15, -0.1) is 6.58 Å². The van der Waals surface area contributed by atoms with Gasteiger partial charge in [0.25, 0.3) is 5.91 Å². The van der Waals surface area contributed by atoms with Crippen molar-refractivity contribution in [3.05, 3.63) is 47.5 Å². The van der Waals surface area contributed by atoms with E-state index < -0.39 is 12.0 Å². The SMILES string of the molecule is C=CC[C@H](NC(=O)c1ccc(Cl)cc1)C(=O)OC. The first-order valence-corrected chi connectivity index (χ1v) is 5.71. The first-order chi connectivity index (χ1) is 8.58. The second-order valence-corrected chi connectivity index (χ2v) is 4.02. The molecule has 0 heterocycles. The number of hydrogen-bond acceptors (Lipinski definition) is 3. The van der Waals surface area contributed by atoms with Crippen molar-refractivity contribution in [2.75, 3.05) is 7.11 Å². The van der Waals surface area contributed by atoms with E-state index in [1.54, 1.807) is 30.3 Å². The van der Waals surface area contributed by atoms with Crippen molar-refractivity contribution in [1.29, 1.82) is 0 Å². The maximum atomic E-state index is 11.9. The number of ether oxygens (including phenoxy) is 1. The van der Waals surface area contributed by atoms with Crippen LogP contribution in [0, 0.1) is 0 Å². The van der Waals surface area contributed by atoms with E-state index in [-0.39, 0.29) is 5.91 Å². The molecule has 0 bridgehead atoms. The molecule has 0 saturated heterocycles. The summed E-state index contributed by atoms with van der Waals surface area (Å²) in [7, 11) is 1.27. The standard InChI is InChI=1S/C13H14ClNO3/c1-3-4-11(13(17)18-2)15-12(16)9-5-7-10(14)8-6-9/h3,5-8,11H,1,4H2,2H3,(H,15,16)/t11-/m0/s1. The summed E-state index contributed by atoms with van der Waals surface area (Å²) in [5.41, 5.74) is 0.428. The van der Waals surface area contributed by atoms with E-state index >= 15 is 0 Å². The van der Waals surface area contributed by atoms with Crippen LogP contribution in [0.2, 0.25) is 5.02 Å². The van der Waals surface area contributed by atoms with Gasteiger partial charge in [0.15, 0.2) is 0 Å². The van der Waals surface area contributed by atoms with Gasteiger partial charge < -0.3 is 10.1 Å². The third-order valence-corrected chi connectivity index (χ3v) is 2.55. The van der Waals surface area contributed by atoms with Gasteiger partial charge in [-0.3, -0.25) is 4.79 Å². The van der Waals surface area contributed by atoms with Crippen molar-refractivity contribution in [2.45, 2.75) is 12.5 Å². The van der Waals surface area contributed by atoms with E-state index in [0.29, 0.717) is 17.0 Å². The average Bonchev–Trinajstić information content (AvgIpc) is 2.38. The third-order valence-electron chi connectivity index (χ3n) is 2.30. The number of halogens is 1. The summed E-state index contributed by atoms with van der Waals surface area (Å²) >= 11 is 5.73. The molecule has 18 heavy (non-hydrogen) atoms. The van der Waals surface area contributed by atoms with Gasteiger partial charge in [0.05, 0.1) is 7.11 Å². The minimum Gasteiger partial charge on any atom is -0.467 e. The largest absolute Gasteiger partial charge is 0.467 e. The number of carbonyl (C=O) groups excluding carboxylic acids is 2. The minimum atomic E-state index is -0.726. The smallest absolute Gasteiger partial charge is 0.328 e. The van der Waals surface area contributed by atoms with E-state index in [4.69, 9.17) is 11.6 Å². The summed E-state index contributed by atoms with van der Waals surface area (Å²) in [5, 5.41) is 3.12. The van der Waals surface area contributed by atoms with Crippen molar-refractivity contribution in [2.24, 2.45) is 0 Å². The Morgan fingerprint density at radius 2 is 2.06 bits per heavy atom. The van der Waals surface area contributed by atoms with Gasteiger partial charge in [0, 0.05) is 10.6 Å². The summed E-state index contributed by atoms with van der Waals surface area (Å²) in [5.74, 6) is -0.860. The molecule has 0 unspecified atom stereocenters.